The number of ether oxygens (including phenoxy) is 3. The molecule has 3 rings (SSSR count). The van der Waals surface area contributed by atoms with E-state index < -0.39 is 23.9 Å². The van der Waals surface area contributed by atoms with E-state index in [4.69, 9.17) is 36.0 Å². The molecule has 0 aliphatic carbocycles. The third-order valence-corrected chi connectivity index (χ3v) is 4.47. The molecule has 0 radical (unpaired) electrons. The highest BCUT2D eigenvalue weighted by Crippen LogP contribution is 2.43. The van der Waals surface area contributed by atoms with Gasteiger partial charge in [-0.1, -0.05) is 29.8 Å². The van der Waals surface area contributed by atoms with Gasteiger partial charge in [-0.2, -0.15) is 0 Å². The molecular weight excluding hydrogens is 390 g/mol. The fourth-order valence-corrected chi connectivity index (χ4v) is 3.12. The van der Waals surface area contributed by atoms with Crippen molar-refractivity contribution in [1.29, 1.82) is 0 Å². The molecule has 0 saturated heterocycles. The summed E-state index contributed by atoms with van der Waals surface area (Å²) in [5, 5.41) is 9.73. The highest BCUT2D eigenvalue weighted by atomic mass is 35.5. The quantitative estimate of drug-likeness (QED) is 0.548. The number of carbonyl (C=O) groups is 1. The van der Waals surface area contributed by atoms with Crippen molar-refractivity contribution >= 4 is 17.6 Å². The van der Waals surface area contributed by atoms with Gasteiger partial charge in [-0.15, -0.1) is 0 Å². The summed E-state index contributed by atoms with van der Waals surface area (Å²) in [6.07, 6.45) is 0. The van der Waals surface area contributed by atoms with Crippen molar-refractivity contribution in [2.24, 2.45) is 5.73 Å². The first-order valence-corrected chi connectivity index (χ1v) is 8.71. The number of hydrogen-bond acceptors (Lipinski definition) is 8. The molecule has 1 atom stereocenters. The standard InChI is InChI=1S/C19H18ClNO7/c1-25-6-7-26-19(24)15-14(11-4-2-3-5-12(11)20)17-16(28-18(15)21)13(23)8-10(9-22)27-17/h2-5,8,14,22H,6-7,9,21H2,1H3/t14-/m1/s1. The topological polar surface area (TPSA) is 121 Å². The molecule has 2 heterocycles. The Bertz CT molecular complexity index is 982. The van der Waals surface area contributed by atoms with Crippen molar-refractivity contribution < 1.29 is 28.5 Å². The van der Waals surface area contributed by atoms with Crippen molar-refractivity contribution in [2.75, 3.05) is 20.3 Å². The summed E-state index contributed by atoms with van der Waals surface area (Å²) in [5.41, 5.74) is 5.83. The largest absolute Gasteiger partial charge is 0.460 e. The first kappa shape index (κ1) is 19.9. The smallest absolute Gasteiger partial charge is 0.340 e. The van der Waals surface area contributed by atoms with Crippen LogP contribution in [0.1, 0.15) is 23.0 Å². The minimum atomic E-state index is -0.952. The average Bonchev–Trinajstić information content (AvgIpc) is 2.68. The predicted octanol–water partition coefficient (Wildman–Crippen LogP) is 1.67. The second kappa shape index (κ2) is 8.47. The van der Waals surface area contributed by atoms with Gasteiger partial charge in [-0.25, -0.2) is 4.79 Å². The number of fused-ring (bicyclic) bond motifs is 1. The Labute approximate surface area is 165 Å². The fourth-order valence-electron chi connectivity index (χ4n) is 2.88. The lowest BCUT2D eigenvalue weighted by Gasteiger charge is -2.27. The lowest BCUT2D eigenvalue weighted by atomic mass is 9.86. The van der Waals surface area contributed by atoms with Crippen molar-refractivity contribution in [3.63, 3.8) is 0 Å². The predicted molar refractivity (Wildman–Crippen MR) is 98.9 cm³/mol. The summed E-state index contributed by atoms with van der Waals surface area (Å²) in [6.45, 7) is -0.323. The summed E-state index contributed by atoms with van der Waals surface area (Å²) in [4.78, 5) is 25.1. The average molecular weight is 408 g/mol. The normalized spacial score (nSPS) is 15.8. The molecule has 3 N–H and O–H groups in total. The lowest BCUT2D eigenvalue weighted by molar-refractivity contribution is -0.140. The third kappa shape index (κ3) is 3.75. The summed E-state index contributed by atoms with van der Waals surface area (Å²) in [7, 11) is 1.47. The van der Waals surface area contributed by atoms with Crippen LogP contribution in [0.2, 0.25) is 5.02 Å². The van der Waals surface area contributed by atoms with Crippen LogP contribution in [0.4, 0.5) is 0 Å². The molecule has 0 unspecified atom stereocenters. The molecule has 28 heavy (non-hydrogen) atoms. The zero-order chi connectivity index (χ0) is 20.3. The fraction of sp³-hybridized carbons (Fsp3) is 0.263. The molecule has 9 heteroatoms. The number of aliphatic hydroxyl groups is 1. The molecule has 2 aromatic rings. The number of aliphatic hydroxyl groups excluding tert-OH is 1. The van der Waals surface area contributed by atoms with Crippen LogP contribution in [0, 0.1) is 0 Å². The first-order chi connectivity index (χ1) is 13.5. The molecule has 1 aliphatic heterocycles. The molecule has 1 aromatic carbocycles. The van der Waals surface area contributed by atoms with Crippen LogP contribution in [-0.4, -0.2) is 31.4 Å². The van der Waals surface area contributed by atoms with E-state index in [0.29, 0.717) is 10.6 Å². The van der Waals surface area contributed by atoms with E-state index in [-0.39, 0.29) is 41.9 Å². The monoisotopic (exact) mass is 407 g/mol. The Hall–Kier alpha value is -2.81. The minimum absolute atomic E-state index is 0.00512. The van der Waals surface area contributed by atoms with Crippen LogP contribution < -0.4 is 15.9 Å². The number of hydrogen-bond donors (Lipinski definition) is 2. The van der Waals surface area contributed by atoms with E-state index in [1.54, 1.807) is 24.3 Å². The first-order valence-electron chi connectivity index (χ1n) is 8.33. The Balaban J connectivity index is 2.19. The Morgan fingerprint density at radius 2 is 2.07 bits per heavy atom. The van der Waals surface area contributed by atoms with Gasteiger partial charge in [0.2, 0.25) is 17.1 Å². The number of benzene rings is 1. The minimum Gasteiger partial charge on any atom is -0.460 e. The Kier molecular flexibility index (Phi) is 6.03. The van der Waals surface area contributed by atoms with E-state index in [2.05, 4.69) is 0 Å². The Morgan fingerprint density at radius 3 is 2.75 bits per heavy atom. The molecule has 1 aliphatic rings. The van der Waals surface area contributed by atoms with Gasteiger partial charge < -0.3 is 29.5 Å². The van der Waals surface area contributed by atoms with Gasteiger partial charge in [0.1, 0.15) is 24.5 Å². The summed E-state index contributed by atoms with van der Waals surface area (Å²) >= 11 is 6.34. The molecule has 1 aromatic heterocycles. The molecule has 0 saturated carbocycles. The van der Waals surface area contributed by atoms with E-state index in [1.165, 1.54) is 7.11 Å². The van der Waals surface area contributed by atoms with Crippen molar-refractivity contribution in [3.8, 4) is 5.75 Å². The molecule has 0 amide bonds. The second-order valence-corrected chi connectivity index (χ2v) is 6.30. The van der Waals surface area contributed by atoms with Crippen LogP contribution in [0.25, 0.3) is 0 Å². The zero-order valence-electron chi connectivity index (χ0n) is 14.9. The third-order valence-electron chi connectivity index (χ3n) is 4.12. The maximum Gasteiger partial charge on any atom is 0.340 e. The molecule has 0 spiro atoms. The van der Waals surface area contributed by atoms with Crippen molar-refractivity contribution in [3.05, 3.63) is 74.1 Å². The maximum atomic E-state index is 12.7. The molecule has 0 fully saturated rings. The van der Waals surface area contributed by atoms with Gasteiger partial charge in [0, 0.05) is 18.2 Å². The number of esters is 1. The number of halogens is 1. The SMILES string of the molecule is COCCOC(=O)C1=C(N)Oc2c(oc(CO)cc2=O)[C@@H]1c1ccccc1Cl. The van der Waals surface area contributed by atoms with Gasteiger partial charge in [0.05, 0.1) is 12.5 Å². The summed E-state index contributed by atoms with van der Waals surface area (Å²) in [5.74, 6) is -2.15. The highest BCUT2D eigenvalue weighted by molar-refractivity contribution is 6.31. The summed E-state index contributed by atoms with van der Waals surface area (Å²) in [6, 6.07) is 7.83. The van der Waals surface area contributed by atoms with E-state index >= 15 is 0 Å². The number of nitrogens with two attached hydrogens (primary N) is 1. The van der Waals surface area contributed by atoms with Gasteiger partial charge in [-0.3, -0.25) is 4.79 Å². The van der Waals surface area contributed by atoms with E-state index in [1.807, 2.05) is 0 Å². The second-order valence-electron chi connectivity index (χ2n) is 5.89. The van der Waals surface area contributed by atoms with Crippen molar-refractivity contribution in [2.45, 2.75) is 12.5 Å². The lowest BCUT2D eigenvalue weighted by Crippen LogP contribution is -2.30. The summed E-state index contributed by atoms with van der Waals surface area (Å²) < 4.78 is 21.1. The van der Waals surface area contributed by atoms with E-state index in [9.17, 15) is 14.7 Å². The highest BCUT2D eigenvalue weighted by Gasteiger charge is 2.40. The number of rotatable bonds is 6. The zero-order valence-corrected chi connectivity index (χ0v) is 15.7. The number of carbonyl (C=O) groups excluding carboxylic acids is 1. The van der Waals surface area contributed by atoms with E-state index in [0.717, 1.165) is 6.07 Å². The van der Waals surface area contributed by atoms with Gasteiger partial charge in [0.15, 0.2) is 5.76 Å². The molecule has 0 bridgehead atoms. The molecule has 148 valence electrons. The van der Waals surface area contributed by atoms with Gasteiger partial charge >= 0.3 is 5.97 Å². The van der Waals surface area contributed by atoms with Crippen LogP contribution in [-0.2, 0) is 20.9 Å². The van der Waals surface area contributed by atoms with Crippen LogP contribution in [0.3, 0.4) is 0 Å². The van der Waals surface area contributed by atoms with Crippen molar-refractivity contribution in [1.82, 2.24) is 0 Å². The molecule has 8 nitrogen and oxygen atoms in total. The van der Waals surface area contributed by atoms with Crippen LogP contribution in [0.5, 0.6) is 5.75 Å². The maximum absolute atomic E-state index is 12.7. The van der Waals surface area contributed by atoms with Gasteiger partial charge in [0.25, 0.3) is 0 Å². The molecular formula is C19H18ClNO7. The van der Waals surface area contributed by atoms with Crippen LogP contribution in [0.15, 0.2) is 51.0 Å². The van der Waals surface area contributed by atoms with Crippen LogP contribution >= 0.6 is 11.6 Å². The van der Waals surface area contributed by atoms with Gasteiger partial charge in [-0.05, 0) is 11.6 Å². The Morgan fingerprint density at radius 1 is 1.32 bits per heavy atom. The number of methoxy groups -OCH3 is 1.